The number of carbonyl (C=O) groups is 1. The molecule has 2 heterocycles. The number of para-hydroxylation sites is 1. The van der Waals surface area contributed by atoms with Crippen LogP contribution in [0.2, 0.25) is 0 Å². The number of allylic oxidation sites excluding steroid dienone is 1. The Labute approximate surface area is 201 Å². The Morgan fingerprint density at radius 3 is 2.53 bits per heavy atom. The summed E-state index contributed by atoms with van der Waals surface area (Å²) in [6, 6.07) is 14.4. The van der Waals surface area contributed by atoms with Gasteiger partial charge in [0.1, 0.15) is 0 Å². The molecule has 1 aromatic heterocycles. The van der Waals surface area contributed by atoms with Gasteiger partial charge in [-0.3, -0.25) is 9.36 Å². The third-order valence-electron chi connectivity index (χ3n) is 5.57. The van der Waals surface area contributed by atoms with Crippen LogP contribution < -0.4 is 24.4 Å². The van der Waals surface area contributed by atoms with Crippen molar-refractivity contribution in [3.8, 4) is 11.5 Å². The first kappa shape index (κ1) is 23.5. The normalized spacial score (nSPS) is 15.5. The second-order valence-corrected chi connectivity index (χ2v) is 8.52. The Kier molecular flexibility index (Phi) is 6.98. The second-order valence-electron chi connectivity index (χ2n) is 7.51. The van der Waals surface area contributed by atoms with Crippen molar-refractivity contribution in [3.05, 3.63) is 90.6 Å². The van der Waals surface area contributed by atoms with Crippen molar-refractivity contribution in [3.63, 3.8) is 0 Å². The topological polar surface area (TPSA) is 79.1 Å². The molecule has 0 saturated carbocycles. The van der Waals surface area contributed by atoms with E-state index in [0.29, 0.717) is 45.1 Å². The summed E-state index contributed by atoms with van der Waals surface area (Å²) in [5.41, 5.74) is 2.30. The van der Waals surface area contributed by atoms with Crippen LogP contribution in [0.3, 0.4) is 0 Å². The summed E-state index contributed by atoms with van der Waals surface area (Å²) in [5, 5.41) is 0. The molecule has 0 radical (unpaired) electrons. The molecular weight excluding hydrogens is 452 g/mol. The van der Waals surface area contributed by atoms with Crippen molar-refractivity contribution in [2.75, 3.05) is 20.8 Å². The predicted octanol–water partition coefficient (Wildman–Crippen LogP) is 3.21. The summed E-state index contributed by atoms with van der Waals surface area (Å²) in [4.78, 5) is 31.8. The van der Waals surface area contributed by atoms with Crippen molar-refractivity contribution in [1.82, 2.24) is 4.57 Å². The van der Waals surface area contributed by atoms with Gasteiger partial charge in [0.2, 0.25) is 0 Å². The number of aromatic nitrogens is 1. The highest BCUT2D eigenvalue weighted by atomic mass is 32.1. The molecule has 176 valence electrons. The number of esters is 1. The summed E-state index contributed by atoms with van der Waals surface area (Å²) in [6.07, 6.45) is 2.32. The lowest BCUT2D eigenvalue weighted by molar-refractivity contribution is -0.136. The third kappa shape index (κ3) is 4.17. The van der Waals surface area contributed by atoms with Crippen LogP contribution in [0.1, 0.15) is 37.4 Å². The number of rotatable bonds is 7. The van der Waals surface area contributed by atoms with Crippen LogP contribution in [0.5, 0.6) is 11.5 Å². The van der Waals surface area contributed by atoms with Crippen molar-refractivity contribution < 1.29 is 19.0 Å². The Morgan fingerprint density at radius 1 is 1.12 bits per heavy atom. The van der Waals surface area contributed by atoms with Crippen LogP contribution in [0.4, 0.5) is 0 Å². The van der Waals surface area contributed by atoms with Gasteiger partial charge in [-0.25, -0.2) is 9.79 Å². The van der Waals surface area contributed by atoms with E-state index in [1.165, 1.54) is 18.4 Å². The van der Waals surface area contributed by atoms with Gasteiger partial charge in [-0.1, -0.05) is 60.7 Å². The highest BCUT2D eigenvalue weighted by Crippen LogP contribution is 2.33. The van der Waals surface area contributed by atoms with E-state index >= 15 is 0 Å². The minimum absolute atomic E-state index is 0.237. The van der Waals surface area contributed by atoms with Crippen molar-refractivity contribution in [2.45, 2.75) is 26.3 Å². The SMILES string of the molecule is CCOc1c(/C=c2/sc3n(c2=O)[C@@H](c2ccccc2)C(C(=O)OC)=C(CC)N=3)cccc1OC. The zero-order valence-corrected chi connectivity index (χ0v) is 20.3. The molecule has 0 N–H and O–H groups in total. The van der Waals surface area contributed by atoms with Gasteiger partial charge in [0, 0.05) is 5.56 Å². The van der Waals surface area contributed by atoms with Gasteiger partial charge in [0.15, 0.2) is 16.3 Å². The Bertz CT molecular complexity index is 1420. The summed E-state index contributed by atoms with van der Waals surface area (Å²) < 4.78 is 18.4. The van der Waals surface area contributed by atoms with Gasteiger partial charge in [0.05, 0.1) is 42.7 Å². The first-order valence-electron chi connectivity index (χ1n) is 11.0. The summed E-state index contributed by atoms with van der Waals surface area (Å²) in [6.45, 7) is 4.28. The molecule has 0 fully saturated rings. The molecule has 1 aliphatic rings. The third-order valence-corrected chi connectivity index (χ3v) is 6.55. The molecule has 0 bridgehead atoms. The van der Waals surface area contributed by atoms with Crippen LogP contribution in [-0.2, 0) is 9.53 Å². The second kappa shape index (κ2) is 10.1. The first-order valence-corrected chi connectivity index (χ1v) is 11.8. The van der Waals surface area contributed by atoms with Gasteiger partial charge in [-0.2, -0.15) is 0 Å². The number of fused-ring (bicyclic) bond motifs is 1. The molecule has 7 nitrogen and oxygen atoms in total. The van der Waals surface area contributed by atoms with Crippen LogP contribution in [-0.4, -0.2) is 31.4 Å². The smallest absolute Gasteiger partial charge is 0.338 e. The number of carbonyl (C=O) groups excluding carboxylic acids is 1. The highest BCUT2D eigenvalue weighted by Gasteiger charge is 2.33. The van der Waals surface area contributed by atoms with Gasteiger partial charge in [-0.05, 0) is 31.1 Å². The van der Waals surface area contributed by atoms with E-state index in [9.17, 15) is 9.59 Å². The molecule has 1 aliphatic heterocycles. The number of nitrogens with zero attached hydrogens (tertiary/aromatic N) is 2. The van der Waals surface area contributed by atoms with Gasteiger partial charge >= 0.3 is 5.97 Å². The van der Waals surface area contributed by atoms with E-state index in [1.54, 1.807) is 17.8 Å². The molecule has 1 atom stereocenters. The van der Waals surface area contributed by atoms with E-state index in [0.717, 1.165) is 11.1 Å². The van der Waals surface area contributed by atoms with E-state index in [1.807, 2.05) is 62.4 Å². The quantitative estimate of drug-likeness (QED) is 0.488. The Morgan fingerprint density at radius 2 is 1.88 bits per heavy atom. The number of ether oxygens (including phenoxy) is 3. The summed E-state index contributed by atoms with van der Waals surface area (Å²) in [5.74, 6) is 0.671. The lowest BCUT2D eigenvalue weighted by Gasteiger charge is -2.25. The molecule has 0 spiro atoms. The van der Waals surface area contributed by atoms with Crippen LogP contribution in [0.25, 0.3) is 6.08 Å². The number of hydrogen-bond donors (Lipinski definition) is 0. The lowest BCUT2D eigenvalue weighted by atomic mass is 9.95. The predicted molar refractivity (Wildman–Crippen MR) is 131 cm³/mol. The fraction of sp³-hybridized carbons (Fsp3) is 0.269. The maximum absolute atomic E-state index is 13.7. The number of thiazole rings is 1. The monoisotopic (exact) mass is 478 g/mol. The maximum atomic E-state index is 13.7. The molecule has 2 aromatic carbocycles. The Balaban J connectivity index is 1.99. The largest absolute Gasteiger partial charge is 0.493 e. The van der Waals surface area contributed by atoms with Gasteiger partial charge in [0.25, 0.3) is 5.56 Å². The average Bonchev–Trinajstić information content (AvgIpc) is 3.18. The van der Waals surface area contributed by atoms with E-state index in [-0.39, 0.29) is 5.56 Å². The molecule has 0 amide bonds. The molecule has 8 heteroatoms. The van der Waals surface area contributed by atoms with Crippen molar-refractivity contribution in [2.24, 2.45) is 4.99 Å². The number of benzene rings is 2. The average molecular weight is 479 g/mol. The zero-order valence-electron chi connectivity index (χ0n) is 19.5. The van der Waals surface area contributed by atoms with Gasteiger partial charge < -0.3 is 14.2 Å². The summed E-state index contributed by atoms with van der Waals surface area (Å²) in [7, 11) is 2.92. The Hall–Kier alpha value is -3.65. The molecular formula is C26H26N2O5S. The fourth-order valence-corrected chi connectivity index (χ4v) is 5.07. The van der Waals surface area contributed by atoms with Crippen molar-refractivity contribution >= 4 is 23.4 Å². The first-order chi connectivity index (χ1) is 16.5. The molecule has 0 unspecified atom stereocenters. The van der Waals surface area contributed by atoms with Crippen LogP contribution >= 0.6 is 11.3 Å². The minimum atomic E-state index is -0.626. The van der Waals surface area contributed by atoms with E-state index in [2.05, 4.69) is 4.99 Å². The molecule has 34 heavy (non-hydrogen) atoms. The molecule has 0 saturated heterocycles. The number of hydrogen-bond acceptors (Lipinski definition) is 7. The number of methoxy groups -OCH3 is 2. The molecule has 3 aromatic rings. The fourth-order valence-electron chi connectivity index (χ4n) is 4.06. The van der Waals surface area contributed by atoms with E-state index in [4.69, 9.17) is 14.2 Å². The summed E-state index contributed by atoms with van der Waals surface area (Å²) >= 11 is 1.28. The maximum Gasteiger partial charge on any atom is 0.338 e. The van der Waals surface area contributed by atoms with Crippen LogP contribution in [0, 0.1) is 0 Å². The zero-order chi connectivity index (χ0) is 24.2. The van der Waals surface area contributed by atoms with E-state index < -0.39 is 12.0 Å². The molecule has 0 aliphatic carbocycles. The highest BCUT2D eigenvalue weighted by molar-refractivity contribution is 7.07. The molecule has 4 rings (SSSR count). The minimum Gasteiger partial charge on any atom is -0.493 e. The van der Waals surface area contributed by atoms with Crippen LogP contribution in [0.15, 0.2) is 69.6 Å². The standard InChI is InChI=1S/C26H26N2O5S/c1-5-18-21(25(30)32-4)22(16-11-8-7-9-12-16)28-24(29)20(34-26(28)27-18)15-17-13-10-14-19(31-3)23(17)33-6-2/h7-15,22H,5-6H2,1-4H3/b20-15+/t22-/m0/s1. The van der Waals surface area contributed by atoms with Gasteiger partial charge in [-0.15, -0.1) is 0 Å². The lowest BCUT2D eigenvalue weighted by Crippen LogP contribution is -2.40. The van der Waals surface area contributed by atoms with Crippen molar-refractivity contribution in [1.29, 1.82) is 0 Å².